The molecule has 0 heterocycles. The van der Waals surface area contributed by atoms with Crippen molar-refractivity contribution >= 4 is 18.2 Å². The first kappa shape index (κ1) is 14.9. The Bertz CT molecular complexity index is 212. The Hall–Kier alpha value is -1.65. The third kappa shape index (κ3) is 16.7. The number of urea groups is 1. The number of nitrogens with zero attached hydrogens (tertiary/aromatic N) is 1. The maximum Gasteiger partial charge on any atom is 0.337 e. The third-order valence-electron chi connectivity index (χ3n) is 0.991. The highest BCUT2D eigenvalue weighted by molar-refractivity contribution is 5.86. The molecule has 0 unspecified atom stereocenters. The van der Waals surface area contributed by atoms with E-state index in [0.717, 1.165) is 13.0 Å². The summed E-state index contributed by atoms with van der Waals surface area (Å²) < 4.78 is 0. The summed E-state index contributed by atoms with van der Waals surface area (Å²) in [6.07, 6.45) is 3.59. The molecule has 0 radical (unpaired) electrons. The Labute approximate surface area is 84.1 Å². The number of primary amides is 1. The van der Waals surface area contributed by atoms with Gasteiger partial charge < -0.3 is 11.1 Å². The van der Waals surface area contributed by atoms with Gasteiger partial charge >= 0.3 is 6.03 Å². The summed E-state index contributed by atoms with van der Waals surface area (Å²) in [5.41, 5.74) is 4.57. The van der Waals surface area contributed by atoms with Crippen molar-refractivity contribution in [3.8, 4) is 0 Å². The fraction of sp³-hybridized carbons (Fsp3) is 0.444. The standard InChI is InChI=1S/C6H11NO.C3H6N2O/c1-3-5-7-6(8)4-2;1-2-5-3(4)6/h4H,2-3,5H2,1H3,(H,7,8);2H,1H3,(H2,4,6). The van der Waals surface area contributed by atoms with E-state index in [0.29, 0.717) is 0 Å². The molecule has 80 valence electrons. The van der Waals surface area contributed by atoms with Crippen molar-refractivity contribution in [2.75, 3.05) is 6.54 Å². The Morgan fingerprint density at radius 2 is 2.14 bits per heavy atom. The van der Waals surface area contributed by atoms with Crippen molar-refractivity contribution in [2.24, 2.45) is 10.7 Å². The predicted molar refractivity (Wildman–Crippen MR) is 57.2 cm³/mol. The van der Waals surface area contributed by atoms with Crippen LogP contribution in [0, 0.1) is 0 Å². The highest BCUT2D eigenvalue weighted by atomic mass is 16.2. The van der Waals surface area contributed by atoms with Crippen molar-refractivity contribution in [2.45, 2.75) is 20.3 Å². The number of aliphatic imine (C=N–C) groups is 1. The van der Waals surface area contributed by atoms with Gasteiger partial charge in [-0.25, -0.2) is 9.79 Å². The molecule has 0 aromatic heterocycles. The molecule has 0 rings (SSSR count). The third-order valence-corrected chi connectivity index (χ3v) is 0.991. The van der Waals surface area contributed by atoms with E-state index in [9.17, 15) is 9.59 Å². The molecule has 0 saturated heterocycles. The molecule has 5 nitrogen and oxygen atoms in total. The summed E-state index contributed by atoms with van der Waals surface area (Å²) in [7, 11) is 0. The van der Waals surface area contributed by atoms with Crippen LogP contribution >= 0.6 is 0 Å². The highest BCUT2D eigenvalue weighted by Gasteiger charge is 1.86. The Morgan fingerprint density at radius 3 is 2.36 bits per heavy atom. The van der Waals surface area contributed by atoms with Gasteiger partial charge in [-0.3, -0.25) is 4.79 Å². The van der Waals surface area contributed by atoms with Gasteiger partial charge in [0, 0.05) is 12.8 Å². The average Bonchev–Trinajstić information content (AvgIpc) is 2.15. The first-order valence-electron chi connectivity index (χ1n) is 4.26. The second-order valence-electron chi connectivity index (χ2n) is 2.22. The van der Waals surface area contributed by atoms with E-state index < -0.39 is 6.03 Å². The fourth-order valence-corrected chi connectivity index (χ4v) is 0.448. The summed E-state index contributed by atoms with van der Waals surface area (Å²) in [4.78, 5) is 23.1. The van der Waals surface area contributed by atoms with E-state index in [1.54, 1.807) is 6.92 Å². The van der Waals surface area contributed by atoms with Crippen LogP contribution in [-0.2, 0) is 4.79 Å². The Morgan fingerprint density at radius 1 is 1.57 bits per heavy atom. The maximum absolute atomic E-state index is 10.3. The van der Waals surface area contributed by atoms with Gasteiger partial charge in [-0.2, -0.15) is 0 Å². The average molecular weight is 199 g/mol. The van der Waals surface area contributed by atoms with E-state index in [2.05, 4.69) is 22.6 Å². The second kappa shape index (κ2) is 11.4. The minimum atomic E-state index is -0.641. The van der Waals surface area contributed by atoms with Crippen LogP contribution in [0.25, 0.3) is 0 Å². The lowest BCUT2D eigenvalue weighted by Crippen LogP contribution is -2.20. The molecular formula is C9H17N3O2. The van der Waals surface area contributed by atoms with E-state index in [1.165, 1.54) is 12.3 Å². The van der Waals surface area contributed by atoms with Gasteiger partial charge in [-0.15, -0.1) is 0 Å². The number of hydrogen-bond donors (Lipinski definition) is 2. The molecule has 14 heavy (non-hydrogen) atoms. The first-order chi connectivity index (χ1) is 6.58. The number of carbonyl (C=O) groups is 2. The van der Waals surface area contributed by atoms with Crippen LogP contribution in [0.3, 0.4) is 0 Å². The van der Waals surface area contributed by atoms with Crippen LogP contribution in [0.1, 0.15) is 20.3 Å². The molecule has 5 heteroatoms. The highest BCUT2D eigenvalue weighted by Crippen LogP contribution is 1.70. The topological polar surface area (TPSA) is 84.6 Å². The van der Waals surface area contributed by atoms with Gasteiger partial charge in [-0.1, -0.05) is 13.5 Å². The maximum atomic E-state index is 10.3. The van der Waals surface area contributed by atoms with Gasteiger partial charge in [0.1, 0.15) is 0 Å². The molecule has 0 aromatic carbocycles. The molecule has 3 amide bonds. The number of nitrogens with two attached hydrogens (primary N) is 1. The molecule has 0 aliphatic rings. The van der Waals surface area contributed by atoms with Crippen LogP contribution < -0.4 is 11.1 Å². The van der Waals surface area contributed by atoms with Crippen LogP contribution in [0.5, 0.6) is 0 Å². The number of rotatable bonds is 3. The number of carbonyl (C=O) groups excluding carboxylic acids is 2. The zero-order valence-corrected chi connectivity index (χ0v) is 8.62. The molecule has 0 atom stereocenters. The number of hydrogen-bond acceptors (Lipinski definition) is 2. The molecule has 0 saturated carbocycles. The summed E-state index contributed by atoms with van der Waals surface area (Å²) in [5, 5.41) is 2.62. The zero-order chi connectivity index (χ0) is 11.4. The van der Waals surface area contributed by atoms with Gasteiger partial charge in [0.2, 0.25) is 5.91 Å². The molecule has 0 aliphatic heterocycles. The lowest BCUT2D eigenvalue weighted by atomic mass is 10.4. The summed E-state index contributed by atoms with van der Waals surface area (Å²) in [6, 6.07) is -0.641. The molecule has 3 N–H and O–H groups in total. The van der Waals surface area contributed by atoms with E-state index in [1.807, 2.05) is 6.92 Å². The van der Waals surface area contributed by atoms with Crippen LogP contribution in [0.4, 0.5) is 4.79 Å². The van der Waals surface area contributed by atoms with Crippen molar-refractivity contribution in [3.63, 3.8) is 0 Å². The first-order valence-corrected chi connectivity index (χ1v) is 4.26. The van der Waals surface area contributed by atoms with Crippen LogP contribution in [0.15, 0.2) is 17.6 Å². The lowest BCUT2D eigenvalue weighted by Gasteiger charge is -1.94. The quantitative estimate of drug-likeness (QED) is 0.521. The van der Waals surface area contributed by atoms with Crippen molar-refractivity contribution in [3.05, 3.63) is 12.7 Å². The predicted octanol–water partition coefficient (Wildman–Crippen LogP) is 0.854. The van der Waals surface area contributed by atoms with Crippen molar-refractivity contribution in [1.82, 2.24) is 5.32 Å². The number of nitrogens with one attached hydrogen (secondary N) is 1. The van der Waals surface area contributed by atoms with Crippen LogP contribution in [-0.4, -0.2) is 24.7 Å². The zero-order valence-electron chi connectivity index (χ0n) is 8.62. The van der Waals surface area contributed by atoms with E-state index in [-0.39, 0.29) is 5.91 Å². The van der Waals surface area contributed by atoms with Gasteiger partial charge in [0.25, 0.3) is 0 Å². The molecule has 0 spiro atoms. The molecular weight excluding hydrogens is 182 g/mol. The molecule has 0 fully saturated rings. The van der Waals surface area contributed by atoms with E-state index >= 15 is 0 Å². The summed E-state index contributed by atoms with van der Waals surface area (Å²) in [5.74, 6) is -0.0909. The summed E-state index contributed by atoms with van der Waals surface area (Å²) in [6.45, 7) is 7.68. The normalized spacial score (nSPS) is 8.71. The fourth-order valence-electron chi connectivity index (χ4n) is 0.448. The minimum absolute atomic E-state index is 0.0909. The van der Waals surface area contributed by atoms with Gasteiger partial charge in [0.15, 0.2) is 0 Å². The molecule has 0 aliphatic carbocycles. The monoisotopic (exact) mass is 199 g/mol. The number of amides is 3. The van der Waals surface area contributed by atoms with Gasteiger partial charge in [0.05, 0.1) is 0 Å². The van der Waals surface area contributed by atoms with Crippen molar-refractivity contribution < 1.29 is 9.59 Å². The molecule has 0 bridgehead atoms. The van der Waals surface area contributed by atoms with Gasteiger partial charge in [-0.05, 0) is 19.4 Å². The molecule has 0 aromatic rings. The smallest absolute Gasteiger partial charge is 0.337 e. The van der Waals surface area contributed by atoms with E-state index in [4.69, 9.17) is 0 Å². The summed E-state index contributed by atoms with van der Waals surface area (Å²) >= 11 is 0. The Kier molecular flexibility index (Phi) is 12.0. The lowest BCUT2D eigenvalue weighted by molar-refractivity contribution is -0.116. The Balaban J connectivity index is 0. The second-order valence-corrected chi connectivity index (χ2v) is 2.22. The van der Waals surface area contributed by atoms with Crippen molar-refractivity contribution in [1.29, 1.82) is 0 Å². The van der Waals surface area contributed by atoms with Crippen LogP contribution in [0.2, 0.25) is 0 Å². The minimum Gasteiger partial charge on any atom is -0.353 e. The SMILES string of the molecule is C=CC(=O)NCCC.CC=NC(N)=O. The largest absolute Gasteiger partial charge is 0.353 e.